The van der Waals surface area contributed by atoms with E-state index < -0.39 is 0 Å². The highest BCUT2D eigenvalue weighted by Crippen LogP contribution is 2.32. The molecule has 3 rings (SSSR count). The topological polar surface area (TPSA) is 3.24 Å². The monoisotopic (exact) mass is 295 g/mol. The number of halogens is 2. The fourth-order valence-corrected chi connectivity index (χ4v) is 3.60. The molecular weight excluding hydrogens is 277 g/mol. The van der Waals surface area contributed by atoms with E-state index in [4.69, 9.17) is 23.2 Å². The molecule has 1 aliphatic heterocycles. The third-order valence-electron chi connectivity index (χ3n) is 4.40. The standard InChI is InChI=1S/C16H19Cl2N/c17-15-6-5-12(9-16(15)18)7-8-19-10-13-3-1-2-4-14(13)11-19/h1-2,5-6,9,13-14H,3-4,7-8,10-11H2. The maximum Gasteiger partial charge on any atom is 0.0595 e. The Morgan fingerprint density at radius 1 is 1.00 bits per heavy atom. The number of hydrogen-bond acceptors (Lipinski definition) is 1. The van der Waals surface area contributed by atoms with Crippen LogP contribution in [0.1, 0.15) is 18.4 Å². The average molecular weight is 296 g/mol. The predicted octanol–water partition coefficient (Wildman–Crippen LogP) is 4.43. The van der Waals surface area contributed by atoms with Crippen LogP contribution in [0.3, 0.4) is 0 Å². The van der Waals surface area contributed by atoms with Gasteiger partial charge in [-0.1, -0.05) is 41.4 Å². The third kappa shape index (κ3) is 3.16. The molecule has 0 bridgehead atoms. The van der Waals surface area contributed by atoms with Crippen LogP contribution in [0.2, 0.25) is 10.0 Å². The molecule has 102 valence electrons. The van der Waals surface area contributed by atoms with E-state index in [1.807, 2.05) is 12.1 Å². The molecule has 3 heteroatoms. The van der Waals surface area contributed by atoms with Crippen LogP contribution in [-0.2, 0) is 6.42 Å². The molecule has 1 heterocycles. The summed E-state index contributed by atoms with van der Waals surface area (Å²) in [6.07, 6.45) is 8.30. The Labute approximate surface area is 125 Å². The molecule has 0 N–H and O–H groups in total. The van der Waals surface area contributed by atoms with E-state index in [2.05, 4.69) is 23.1 Å². The van der Waals surface area contributed by atoms with Gasteiger partial charge < -0.3 is 4.90 Å². The molecule has 1 aliphatic carbocycles. The summed E-state index contributed by atoms with van der Waals surface area (Å²) in [4.78, 5) is 2.60. The molecule has 2 atom stereocenters. The van der Waals surface area contributed by atoms with Crippen molar-refractivity contribution >= 4 is 23.2 Å². The minimum Gasteiger partial charge on any atom is -0.302 e. The lowest BCUT2D eigenvalue weighted by atomic mass is 9.86. The molecule has 1 aromatic rings. The van der Waals surface area contributed by atoms with Crippen molar-refractivity contribution in [1.82, 2.24) is 4.90 Å². The zero-order valence-corrected chi connectivity index (χ0v) is 12.5. The summed E-state index contributed by atoms with van der Waals surface area (Å²) in [6.45, 7) is 3.65. The first kappa shape index (κ1) is 13.5. The number of allylic oxidation sites excluding steroid dienone is 2. The van der Waals surface area contributed by atoms with Crippen LogP contribution >= 0.6 is 23.2 Å². The van der Waals surface area contributed by atoms with Gasteiger partial charge in [-0.2, -0.15) is 0 Å². The van der Waals surface area contributed by atoms with Crippen LogP contribution in [0.15, 0.2) is 30.4 Å². The van der Waals surface area contributed by atoms with Crippen molar-refractivity contribution in [3.63, 3.8) is 0 Å². The zero-order valence-electron chi connectivity index (χ0n) is 11.0. The van der Waals surface area contributed by atoms with Gasteiger partial charge in [0, 0.05) is 19.6 Å². The average Bonchev–Trinajstić information content (AvgIpc) is 2.83. The Balaban J connectivity index is 1.54. The van der Waals surface area contributed by atoms with Crippen LogP contribution in [0.5, 0.6) is 0 Å². The van der Waals surface area contributed by atoms with Gasteiger partial charge in [0.2, 0.25) is 0 Å². The number of hydrogen-bond donors (Lipinski definition) is 0. The van der Waals surface area contributed by atoms with E-state index in [1.165, 1.54) is 31.5 Å². The summed E-state index contributed by atoms with van der Waals surface area (Å²) >= 11 is 12.0. The molecular formula is C16H19Cl2N. The van der Waals surface area contributed by atoms with E-state index >= 15 is 0 Å². The summed E-state index contributed by atoms with van der Waals surface area (Å²) in [6, 6.07) is 5.97. The molecule has 1 fully saturated rings. The first-order chi connectivity index (χ1) is 9.22. The van der Waals surface area contributed by atoms with E-state index in [-0.39, 0.29) is 0 Å². The quantitative estimate of drug-likeness (QED) is 0.746. The summed E-state index contributed by atoms with van der Waals surface area (Å²) in [5.41, 5.74) is 1.28. The molecule has 19 heavy (non-hydrogen) atoms. The predicted molar refractivity (Wildman–Crippen MR) is 82.0 cm³/mol. The molecule has 0 spiro atoms. The fourth-order valence-electron chi connectivity index (χ4n) is 3.28. The molecule has 1 saturated heterocycles. The van der Waals surface area contributed by atoms with Crippen molar-refractivity contribution in [3.8, 4) is 0 Å². The first-order valence-electron chi connectivity index (χ1n) is 7.03. The van der Waals surface area contributed by atoms with Gasteiger partial charge in [-0.05, 0) is 48.8 Å². The van der Waals surface area contributed by atoms with E-state index in [0.717, 1.165) is 24.8 Å². The van der Waals surface area contributed by atoms with Gasteiger partial charge in [0.15, 0.2) is 0 Å². The minimum atomic E-state index is 0.642. The minimum absolute atomic E-state index is 0.642. The Bertz CT molecular complexity index is 468. The second kappa shape index (κ2) is 5.87. The molecule has 0 radical (unpaired) electrons. The summed E-state index contributed by atoms with van der Waals surface area (Å²) in [7, 11) is 0. The van der Waals surface area contributed by atoms with E-state index in [9.17, 15) is 0 Å². The van der Waals surface area contributed by atoms with Gasteiger partial charge in [0.25, 0.3) is 0 Å². The van der Waals surface area contributed by atoms with Crippen LogP contribution in [-0.4, -0.2) is 24.5 Å². The Morgan fingerprint density at radius 3 is 2.32 bits per heavy atom. The summed E-state index contributed by atoms with van der Waals surface area (Å²) < 4.78 is 0. The van der Waals surface area contributed by atoms with Gasteiger partial charge in [0.1, 0.15) is 0 Å². The normalized spacial score (nSPS) is 26.6. The number of nitrogens with zero attached hydrogens (tertiary/aromatic N) is 1. The number of benzene rings is 1. The van der Waals surface area contributed by atoms with Crippen molar-refractivity contribution in [2.24, 2.45) is 11.8 Å². The summed E-state index contributed by atoms with van der Waals surface area (Å²) in [5, 5.41) is 1.31. The lowest BCUT2D eigenvalue weighted by Gasteiger charge is -2.18. The van der Waals surface area contributed by atoms with Crippen molar-refractivity contribution < 1.29 is 0 Å². The van der Waals surface area contributed by atoms with Gasteiger partial charge >= 0.3 is 0 Å². The van der Waals surface area contributed by atoms with Crippen molar-refractivity contribution in [2.45, 2.75) is 19.3 Å². The Morgan fingerprint density at radius 2 is 1.68 bits per heavy atom. The Kier molecular flexibility index (Phi) is 4.16. The van der Waals surface area contributed by atoms with Gasteiger partial charge in [-0.3, -0.25) is 0 Å². The van der Waals surface area contributed by atoms with Gasteiger partial charge in [-0.25, -0.2) is 0 Å². The van der Waals surface area contributed by atoms with Crippen molar-refractivity contribution in [3.05, 3.63) is 46.0 Å². The lowest BCUT2D eigenvalue weighted by molar-refractivity contribution is 0.326. The molecule has 2 unspecified atom stereocenters. The molecule has 0 saturated carbocycles. The summed E-state index contributed by atoms with van der Waals surface area (Å²) in [5.74, 6) is 1.78. The van der Waals surface area contributed by atoms with Crippen LogP contribution in [0.25, 0.3) is 0 Å². The molecule has 1 nitrogen and oxygen atoms in total. The van der Waals surface area contributed by atoms with Crippen LogP contribution in [0.4, 0.5) is 0 Å². The lowest BCUT2D eigenvalue weighted by Crippen LogP contribution is -2.23. The van der Waals surface area contributed by atoms with Crippen molar-refractivity contribution in [2.75, 3.05) is 19.6 Å². The van der Waals surface area contributed by atoms with Crippen LogP contribution in [0, 0.1) is 11.8 Å². The molecule has 0 aromatic heterocycles. The SMILES string of the molecule is Clc1ccc(CCN2CC3CC=CCC3C2)cc1Cl. The number of rotatable bonds is 3. The number of fused-ring (bicyclic) bond motifs is 1. The highest BCUT2D eigenvalue weighted by molar-refractivity contribution is 6.42. The maximum atomic E-state index is 6.05. The second-order valence-electron chi connectivity index (χ2n) is 5.72. The maximum absolute atomic E-state index is 6.05. The number of likely N-dealkylation sites (tertiary alicyclic amines) is 1. The van der Waals surface area contributed by atoms with E-state index in [1.54, 1.807) is 0 Å². The van der Waals surface area contributed by atoms with Gasteiger partial charge in [0.05, 0.1) is 10.0 Å². The fraction of sp³-hybridized carbons (Fsp3) is 0.500. The van der Waals surface area contributed by atoms with Crippen molar-refractivity contribution in [1.29, 1.82) is 0 Å². The molecule has 2 aliphatic rings. The smallest absolute Gasteiger partial charge is 0.0595 e. The largest absolute Gasteiger partial charge is 0.302 e. The second-order valence-corrected chi connectivity index (χ2v) is 6.54. The highest BCUT2D eigenvalue weighted by atomic mass is 35.5. The van der Waals surface area contributed by atoms with E-state index in [0.29, 0.717) is 10.0 Å². The van der Waals surface area contributed by atoms with Gasteiger partial charge in [-0.15, -0.1) is 0 Å². The third-order valence-corrected chi connectivity index (χ3v) is 5.14. The first-order valence-corrected chi connectivity index (χ1v) is 7.79. The van der Waals surface area contributed by atoms with Crippen LogP contribution < -0.4 is 0 Å². The molecule has 1 aromatic carbocycles. The Hall–Kier alpha value is -0.500. The highest BCUT2D eigenvalue weighted by Gasteiger charge is 2.32. The zero-order chi connectivity index (χ0) is 13.2. The molecule has 0 amide bonds.